The zero-order valence-electron chi connectivity index (χ0n) is 15.2. The van der Waals surface area contributed by atoms with Gasteiger partial charge in [0.15, 0.2) is 0 Å². The molecule has 204 valence electrons. The van der Waals surface area contributed by atoms with Gasteiger partial charge in [-0.15, -0.1) is 0 Å². The Balaban J connectivity index is 2.99. The quantitative estimate of drug-likeness (QED) is 0.136. The van der Waals surface area contributed by atoms with Crippen LogP contribution < -0.4 is 0 Å². The lowest BCUT2D eigenvalue weighted by Crippen LogP contribution is -2.63. The summed E-state index contributed by atoms with van der Waals surface area (Å²) < 4.78 is 227. The van der Waals surface area contributed by atoms with Crippen molar-refractivity contribution in [2.45, 2.75) is 54.5 Å². The van der Waals surface area contributed by atoms with E-state index in [0.29, 0.717) is 0 Å². The molecule has 0 aromatic rings. The monoisotopic (exact) mass is 554 g/mol. The van der Waals surface area contributed by atoms with Crippen LogP contribution in [0.2, 0.25) is 0 Å². The second-order valence-electron chi connectivity index (χ2n) is 6.16. The fourth-order valence-electron chi connectivity index (χ4n) is 1.41. The number of epoxide rings is 1. The summed E-state index contributed by atoms with van der Waals surface area (Å²) >= 11 is 0. The van der Waals surface area contributed by atoms with E-state index in [1.165, 1.54) is 4.74 Å². The summed E-state index contributed by atoms with van der Waals surface area (Å²) in [7, 11) is 0. The minimum atomic E-state index is -7.81. The first-order valence-corrected chi connectivity index (χ1v) is 7.72. The molecule has 1 atom stereocenters. The fraction of sp³-hybridized carbons (Fsp3) is 1.00. The molecule has 0 bridgehead atoms. The molecule has 0 saturated carbocycles. The van der Waals surface area contributed by atoms with Crippen molar-refractivity contribution in [2.75, 3.05) is 19.8 Å². The van der Waals surface area contributed by atoms with Crippen molar-refractivity contribution in [2.24, 2.45) is 0 Å². The Labute approximate surface area is 174 Å². The Kier molecular flexibility index (Phi) is 8.04. The minimum absolute atomic E-state index is 0.0485. The third-order valence-electron chi connectivity index (χ3n) is 3.38. The van der Waals surface area contributed by atoms with Gasteiger partial charge in [-0.1, -0.05) is 0 Å². The lowest BCUT2D eigenvalue weighted by atomic mass is 10.2. The standard InChI is InChI=1S/C12H7F17O5/c13-5(14,3-30-1-4-2-31-4)9(22,23)33-34-12(28,29)7(17,18)11(26,27)32-10(24,25)6(15,16)8(19,20)21/h4H,1-3H2. The van der Waals surface area contributed by atoms with Crippen molar-refractivity contribution >= 4 is 0 Å². The van der Waals surface area contributed by atoms with Crippen LogP contribution in [0.15, 0.2) is 0 Å². The summed E-state index contributed by atoms with van der Waals surface area (Å²) in [5.41, 5.74) is 0. The van der Waals surface area contributed by atoms with Gasteiger partial charge in [-0.3, -0.25) is 0 Å². The van der Waals surface area contributed by atoms with Gasteiger partial charge in [0.25, 0.3) is 0 Å². The number of halogens is 17. The molecule has 1 rings (SSSR count). The number of ether oxygens (including phenoxy) is 3. The van der Waals surface area contributed by atoms with E-state index in [1.807, 2.05) is 9.78 Å². The molecule has 0 spiro atoms. The molecule has 0 radical (unpaired) electrons. The van der Waals surface area contributed by atoms with Gasteiger partial charge in [0.1, 0.15) is 12.7 Å². The van der Waals surface area contributed by atoms with Crippen molar-refractivity contribution < 1.29 is 98.6 Å². The molecule has 0 aliphatic carbocycles. The lowest BCUT2D eigenvalue weighted by Gasteiger charge is -2.35. The summed E-state index contributed by atoms with van der Waals surface area (Å²) in [6, 6.07) is 0. The van der Waals surface area contributed by atoms with Crippen molar-refractivity contribution in [3.63, 3.8) is 0 Å². The van der Waals surface area contributed by atoms with Crippen LogP contribution in [-0.4, -0.2) is 74.3 Å². The zero-order valence-corrected chi connectivity index (χ0v) is 15.2. The Bertz CT molecular complexity index is 701. The highest BCUT2D eigenvalue weighted by Gasteiger charge is 2.83. The lowest BCUT2D eigenvalue weighted by molar-refractivity contribution is -0.594. The maximum Gasteiger partial charge on any atom is 0.462 e. The second-order valence-corrected chi connectivity index (χ2v) is 6.16. The van der Waals surface area contributed by atoms with Crippen LogP contribution in [0.5, 0.6) is 0 Å². The number of alkyl halides is 17. The Morgan fingerprint density at radius 3 is 1.41 bits per heavy atom. The van der Waals surface area contributed by atoms with Crippen LogP contribution >= 0.6 is 0 Å². The molecule has 0 aromatic heterocycles. The third kappa shape index (κ3) is 6.05. The second kappa shape index (κ2) is 8.92. The van der Waals surface area contributed by atoms with E-state index in [4.69, 9.17) is 0 Å². The predicted molar refractivity (Wildman–Crippen MR) is 64.5 cm³/mol. The van der Waals surface area contributed by atoms with Crippen LogP contribution in [0.1, 0.15) is 0 Å². The SMILES string of the molecule is FC(F)(F)C(F)(F)C(F)(F)OC(F)(F)C(F)(F)C(F)(F)OOC(F)(F)C(F)(F)COCC1CO1. The largest absolute Gasteiger partial charge is 0.462 e. The fourth-order valence-corrected chi connectivity index (χ4v) is 1.41. The summed E-state index contributed by atoms with van der Waals surface area (Å²) in [6.45, 7) is -3.20. The Morgan fingerprint density at radius 1 is 0.588 bits per heavy atom. The van der Waals surface area contributed by atoms with Crippen LogP contribution in [0, 0.1) is 0 Å². The topological polar surface area (TPSA) is 49.5 Å². The Morgan fingerprint density at radius 2 is 1.00 bits per heavy atom. The molecular formula is C12H7F17O5. The predicted octanol–water partition coefficient (Wildman–Crippen LogP) is 5.21. The van der Waals surface area contributed by atoms with Crippen molar-refractivity contribution in [1.82, 2.24) is 0 Å². The summed E-state index contributed by atoms with van der Waals surface area (Å²) in [5, 5.41) is 0. The van der Waals surface area contributed by atoms with E-state index in [-0.39, 0.29) is 6.61 Å². The third-order valence-corrected chi connectivity index (χ3v) is 3.38. The van der Waals surface area contributed by atoms with Crippen LogP contribution in [0.25, 0.3) is 0 Å². The zero-order chi connectivity index (χ0) is 27.2. The molecule has 1 aliphatic heterocycles. The van der Waals surface area contributed by atoms with E-state index in [0.717, 1.165) is 0 Å². The van der Waals surface area contributed by atoms with E-state index >= 15 is 0 Å². The molecule has 1 aliphatic rings. The van der Waals surface area contributed by atoms with Gasteiger partial charge >= 0.3 is 48.4 Å². The van der Waals surface area contributed by atoms with Gasteiger partial charge in [0.05, 0.1) is 13.2 Å². The van der Waals surface area contributed by atoms with E-state index in [1.54, 1.807) is 0 Å². The molecule has 0 amide bonds. The highest BCUT2D eigenvalue weighted by Crippen LogP contribution is 2.54. The highest BCUT2D eigenvalue weighted by atomic mass is 19.4. The first kappa shape index (κ1) is 30.6. The normalized spacial score (nSPS) is 19.5. The highest BCUT2D eigenvalue weighted by molar-refractivity contribution is 4.91. The van der Waals surface area contributed by atoms with Gasteiger partial charge < -0.3 is 9.47 Å². The maximum absolute atomic E-state index is 13.2. The average molecular weight is 554 g/mol. The van der Waals surface area contributed by atoms with Crippen LogP contribution in [-0.2, 0) is 24.0 Å². The molecule has 1 saturated heterocycles. The molecule has 0 aromatic carbocycles. The molecule has 34 heavy (non-hydrogen) atoms. The molecule has 0 N–H and O–H groups in total. The first-order chi connectivity index (χ1) is 14.7. The van der Waals surface area contributed by atoms with E-state index < -0.39 is 67.7 Å². The number of hydrogen-bond acceptors (Lipinski definition) is 5. The van der Waals surface area contributed by atoms with Gasteiger partial charge in [-0.2, -0.15) is 84.4 Å². The van der Waals surface area contributed by atoms with E-state index in [2.05, 4.69) is 9.47 Å². The van der Waals surface area contributed by atoms with Gasteiger partial charge in [0, 0.05) is 0 Å². The maximum atomic E-state index is 13.2. The van der Waals surface area contributed by atoms with Crippen molar-refractivity contribution in [3.8, 4) is 0 Å². The summed E-state index contributed by atoms with van der Waals surface area (Å²) in [6.07, 6.45) is -37.4. The molecule has 1 fully saturated rings. The van der Waals surface area contributed by atoms with Gasteiger partial charge in [0.2, 0.25) is 0 Å². The molecule has 22 heteroatoms. The molecule has 1 heterocycles. The van der Waals surface area contributed by atoms with Crippen molar-refractivity contribution in [1.29, 1.82) is 0 Å². The van der Waals surface area contributed by atoms with Gasteiger partial charge in [-0.05, 0) is 0 Å². The molecular weight excluding hydrogens is 547 g/mol. The average Bonchev–Trinajstić information content (AvgIpc) is 3.41. The van der Waals surface area contributed by atoms with Crippen LogP contribution in [0.4, 0.5) is 74.6 Å². The molecule has 5 nitrogen and oxygen atoms in total. The number of rotatable bonds is 13. The minimum Gasteiger partial charge on any atom is -0.372 e. The smallest absolute Gasteiger partial charge is 0.372 e. The van der Waals surface area contributed by atoms with Crippen molar-refractivity contribution in [3.05, 3.63) is 0 Å². The van der Waals surface area contributed by atoms with E-state index in [9.17, 15) is 74.6 Å². The van der Waals surface area contributed by atoms with Gasteiger partial charge in [-0.25, -0.2) is 4.74 Å². The van der Waals surface area contributed by atoms with Crippen LogP contribution in [0.3, 0.4) is 0 Å². The number of hydrogen-bond donors (Lipinski definition) is 0. The first-order valence-electron chi connectivity index (χ1n) is 7.72. The summed E-state index contributed by atoms with van der Waals surface area (Å²) in [5.74, 6) is -21.2. The Hall–Kier alpha value is -1.39. The summed E-state index contributed by atoms with van der Waals surface area (Å²) in [4.78, 5) is 3.87. The molecule has 1 unspecified atom stereocenters.